The van der Waals surface area contributed by atoms with Gasteiger partial charge in [-0.3, -0.25) is 0 Å². The Hall–Kier alpha value is -0.0800. The molecule has 2 fully saturated rings. The van der Waals surface area contributed by atoms with Crippen LogP contribution < -0.4 is 0 Å². The van der Waals surface area contributed by atoms with Gasteiger partial charge >= 0.3 is 0 Å². The second-order valence-corrected chi connectivity index (χ2v) is 9.36. The quantitative estimate of drug-likeness (QED) is 0.768. The summed E-state index contributed by atoms with van der Waals surface area (Å²) >= 11 is 0. The fraction of sp³-hybridized carbons (Fsp3) is 1.00. The van der Waals surface area contributed by atoms with E-state index in [1.807, 2.05) is 0 Å². The maximum Gasteiger partial charge on any atom is 0.00192 e. The summed E-state index contributed by atoms with van der Waals surface area (Å²) < 4.78 is 0. The van der Waals surface area contributed by atoms with Crippen molar-refractivity contribution >= 4 is 0 Å². The van der Waals surface area contributed by atoms with Crippen molar-refractivity contribution in [1.29, 1.82) is 0 Å². The summed E-state index contributed by atoms with van der Waals surface area (Å²) in [6.45, 7) is 20.5. The Labute approximate surface area is 127 Å². The number of rotatable bonds is 3. The third kappa shape index (κ3) is 8.26. The molecule has 2 nitrogen and oxygen atoms in total. The molecule has 2 aliphatic rings. The van der Waals surface area contributed by atoms with Crippen LogP contribution in [0.5, 0.6) is 0 Å². The van der Waals surface area contributed by atoms with Crippen molar-refractivity contribution in [3.63, 3.8) is 0 Å². The topological polar surface area (TPSA) is 6.48 Å². The minimum atomic E-state index is 0.523. The van der Waals surface area contributed by atoms with E-state index in [0.29, 0.717) is 10.8 Å². The van der Waals surface area contributed by atoms with E-state index >= 15 is 0 Å². The molecular weight excluding hydrogens is 244 g/mol. The third-order valence-electron chi connectivity index (χ3n) is 4.17. The van der Waals surface area contributed by atoms with Crippen molar-refractivity contribution in [2.45, 2.75) is 60.8 Å². The van der Waals surface area contributed by atoms with Crippen LogP contribution in [0.1, 0.15) is 60.8 Å². The van der Waals surface area contributed by atoms with Crippen LogP contribution in [0.2, 0.25) is 0 Å². The molecule has 0 aromatic carbocycles. The summed E-state index contributed by atoms with van der Waals surface area (Å²) in [6.07, 6.45) is 4.15. The van der Waals surface area contributed by atoms with Crippen molar-refractivity contribution in [3.8, 4) is 0 Å². The highest BCUT2D eigenvalue weighted by Crippen LogP contribution is 2.29. The normalized spacial score (nSPS) is 21.8. The number of likely N-dealkylation sites (tertiary alicyclic amines) is 2. The Balaban J connectivity index is 0.000000200. The van der Waals surface area contributed by atoms with Gasteiger partial charge in [0.25, 0.3) is 0 Å². The molecule has 0 radical (unpaired) electrons. The highest BCUT2D eigenvalue weighted by Gasteiger charge is 2.27. The van der Waals surface area contributed by atoms with E-state index in [0.717, 1.165) is 5.92 Å². The first kappa shape index (κ1) is 18.0. The van der Waals surface area contributed by atoms with Gasteiger partial charge in [-0.25, -0.2) is 0 Å². The molecule has 20 heavy (non-hydrogen) atoms. The molecule has 0 atom stereocenters. The van der Waals surface area contributed by atoms with Crippen molar-refractivity contribution in [1.82, 2.24) is 9.80 Å². The molecule has 0 aromatic rings. The predicted octanol–water partition coefficient (Wildman–Crippen LogP) is 4.11. The fourth-order valence-electron chi connectivity index (χ4n) is 2.92. The summed E-state index contributed by atoms with van der Waals surface area (Å²) in [6, 6.07) is 0. The molecule has 0 unspecified atom stereocenters. The van der Waals surface area contributed by atoms with Crippen LogP contribution in [-0.2, 0) is 0 Å². The van der Waals surface area contributed by atoms with Gasteiger partial charge in [-0.15, -0.1) is 0 Å². The standard InChI is InChI=1S/2C9H19N/c1-9(2,3)5-8-6-10(4)7-8;1-9(2,3)5-8-10-6-4-7-10/h8H,5-7H2,1-4H3;4-8H2,1-3H3. The van der Waals surface area contributed by atoms with Crippen molar-refractivity contribution < 1.29 is 0 Å². The zero-order valence-electron chi connectivity index (χ0n) is 15.1. The molecule has 120 valence electrons. The van der Waals surface area contributed by atoms with Crippen LogP contribution in [0.4, 0.5) is 0 Å². The molecule has 0 saturated carbocycles. The van der Waals surface area contributed by atoms with Crippen molar-refractivity contribution in [2.24, 2.45) is 16.7 Å². The van der Waals surface area contributed by atoms with E-state index in [9.17, 15) is 0 Å². The molecule has 2 heteroatoms. The molecule has 0 aromatic heterocycles. The number of hydrogen-bond donors (Lipinski definition) is 0. The average molecular weight is 283 g/mol. The first-order chi connectivity index (χ1) is 9.05. The Morgan fingerprint density at radius 3 is 1.75 bits per heavy atom. The Morgan fingerprint density at radius 1 is 0.900 bits per heavy atom. The lowest BCUT2D eigenvalue weighted by Crippen LogP contribution is -2.45. The van der Waals surface area contributed by atoms with Gasteiger partial charge in [-0.1, -0.05) is 41.5 Å². The predicted molar refractivity (Wildman–Crippen MR) is 90.2 cm³/mol. The molecule has 2 rings (SSSR count). The second-order valence-electron chi connectivity index (χ2n) is 9.36. The highest BCUT2D eigenvalue weighted by atomic mass is 15.2. The largest absolute Gasteiger partial charge is 0.306 e. The fourth-order valence-corrected chi connectivity index (χ4v) is 2.92. The molecular formula is C18H38N2. The van der Waals surface area contributed by atoms with E-state index in [1.54, 1.807) is 0 Å². The Morgan fingerprint density at radius 2 is 1.45 bits per heavy atom. The lowest BCUT2D eigenvalue weighted by atomic mass is 9.81. The van der Waals surface area contributed by atoms with Gasteiger partial charge in [0.2, 0.25) is 0 Å². The van der Waals surface area contributed by atoms with Gasteiger partial charge in [0.05, 0.1) is 0 Å². The second kappa shape index (κ2) is 7.26. The Bertz CT molecular complexity index is 262. The zero-order valence-corrected chi connectivity index (χ0v) is 15.1. The first-order valence-corrected chi connectivity index (χ1v) is 8.46. The lowest BCUT2D eigenvalue weighted by molar-refractivity contribution is 0.0955. The smallest absolute Gasteiger partial charge is 0.00192 e. The van der Waals surface area contributed by atoms with Crippen LogP contribution >= 0.6 is 0 Å². The minimum Gasteiger partial charge on any atom is -0.306 e. The molecule has 0 aliphatic carbocycles. The SMILES string of the molecule is CC(C)(C)CCN1CCC1.CN1CC(CC(C)(C)C)C1. The molecule has 0 spiro atoms. The van der Waals surface area contributed by atoms with E-state index < -0.39 is 0 Å². The van der Waals surface area contributed by atoms with E-state index in [2.05, 4.69) is 58.4 Å². The molecule has 0 bridgehead atoms. The van der Waals surface area contributed by atoms with Gasteiger partial charge < -0.3 is 9.80 Å². The van der Waals surface area contributed by atoms with Gasteiger partial charge in [-0.2, -0.15) is 0 Å². The molecule has 0 N–H and O–H groups in total. The molecule has 0 amide bonds. The van der Waals surface area contributed by atoms with Crippen LogP contribution in [-0.4, -0.2) is 49.6 Å². The number of hydrogen-bond acceptors (Lipinski definition) is 2. The van der Waals surface area contributed by atoms with Gasteiger partial charge in [0.1, 0.15) is 0 Å². The summed E-state index contributed by atoms with van der Waals surface area (Å²) in [5.74, 6) is 0.977. The highest BCUT2D eigenvalue weighted by molar-refractivity contribution is 4.80. The van der Waals surface area contributed by atoms with Gasteiger partial charge in [0.15, 0.2) is 0 Å². The van der Waals surface area contributed by atoms with E-state index in [4.69, 9.17) is 0 Å². The molecule has 2 heterocycles. The Kier molecular flexibility index (Phi) is 6.53. The monoisotopic (exact) mass is 282 g/mol. The van der Waals surface area contributed by atoms with E-state index in [-0.39, 0.29) is 0 Å². The zero-order chi connectivity index (χ0) is 15.4. The van der Waals surface area contributed by atoms with Crippen molar-refractivity contribution in [3.05, 3.63) is 0 Å². The van der Waals surface area contributed by atoms with Crippen LogP contribution in [0, 0.1) is 16.7 Å². The van der Waals surface area contributed by atoms with Crippen LogP contribution in [0.3, 0.4) is 0 Å². The summed E-state index contributed by atoms with van der Waals surface area (Å²) in [5.41, 5.74) is 1.06. The number of nitrogens with zero attached hydrogens (tertiary/aromatic N) is 2. The minimum absolute atomic E-state index is 0.523. The van der Waals surface area contributed by atoms with Crippen molar-refractivity contribution in [2.75, 3.05) is 39.8 Å². The van der Waals surface area contributed by atoms with E-state index in [1.165, 1.54) is 52.0 Å². The summed E-state index contributed by atoms with van der Waals surface area (Å²) in [4.78, 5) is 4.92. The maximum atomic E-state index is 2.53. The average Bonchev–Trinajstić information content (AvgIpc) is 2.09. The van der Waals surface area contributed by atoms with Crippen LogP contribution in [0.15, 0.2) is 0 Å². The third-order valence-corrected chi connectivity index (χ3v) is 4.17. The summed E-state index contributed by atoms with van der Waals surface area (Å²) in [7, 11) is 2.19. The molecule has 2 saturated heterocycles. The van der Waals surface area contributed by atoms with Gasteiger partial charge in [-0.05, 0) is 62.7 Å². The summed E-state index contributed by atoms with van der Waals surface area (Å²) in [5, 5.41) is 0. The lowest BCUT2D eigenvalue weighted by Gasteiger charge is -2.39. The first-order valence-electron chi connectivity index (χ1n) is 8.46. The van der Waals surface area contributed by atoms with Gasteiger partial charge in [0, 0.05) is 13.1 Å². The maximum absolute atomic E-state index is 2.53. The van der Waals surface area contributed by atoms with Crippen LogP contribution in [0.25, 0.3) is 0 Å². The molecule has 2 aliphatic heterocycles.